The van der Waals surface area contributed by atoms with Crippen LogP contribution in [-0.2, 0) is 6.42 Å². The highest BCUT2D eigenvalue weighted by molar-refractivity contribution is 6.31. The van der Waals surface area contributed by atoms with Crippen LogP contribution in [0.5, 0.6) is 0 Å². The highest BCUT2D eigenvalue weighted by Crippen LogP contribution is 2.28. The number of piperazine rings is 1. The van der Waals surface area contributed by atoms with E-state index in [4.69, 9.17) is 11.6 Å². The van der Waals surface area contributed by atoms with Gasteiger partial charge in [0.2, 0.25) is 0 Å². The Hall–Kier alpha value is -2.79. The molecule has 2 amide bonds. The number of carbonyl (C=O) groups excluding carboxylic acids is 1. The molecular formula is C22H23ClN4O. The van der Waals surface area contributed by atoms with Gasteiger partial charge in [0.1, 0.15) is 0 Å². The average molecular weight is 395 g/mol. The number of benzene rings is 2. The molecule has 1 N–H and O–H groups in total. The summed E-state index contributed by atoms with van der Waals surface area (Å²) in [5.74, 6) is 0. The number of nitrogens with zero attached hydrogens (tertiary/aromatic N) is 3. The number of fused-ring (bicyclic) bond motifs is 1. The molecule has 5 nitrogen and oxygen atoms in total. The lowest BCUT2D eigenvalue weighted by Crippen LogP contribution is -2.52. The van der Waals surface area contributed by atoms with Gasteiger partial charge in [0.05, 0.1) is 5.52 Å². The van der Waals surface area contributed by atoms with Crippen molar-refractivity contribution >= 4 is 34.2 Å². The molecule has 2 heterocycles. The summed E-state index contributed by atoms with van der Waals surface area (Å²) in [6.45, 7) is 3.66. The fourth-order valence-electron chi connectivity index (χ4n) is 3.60. The average Bonchev–Trinajstić information content (AvgIpc) is 2.74. The molecule has 3 aromatic rings. The zero-order valence-electron chi connectivity index (χ0n) is 15.6. The van der Waals surface area contributed by atoms with Crippen molar-refractivity contribution in [3.63, 3.8) is 0 Å². The van der Waals surface area contributed by atoms with Gasteiger partial charge >= 0.3 is 6.03 Å². The van der Waals surface area contributed by atoms with E-state index in [1.165, 1.54) is 5.56 Å². The van der Waals surface area contributed by atoms with Gasteiger partial charge in [-0.2, -0.15) is 0 Å². The molecule has 0 radical (unpaired) electrons. The van der Waals surface area contributed by atoms with E-state index in [-0.39, 0.29) is 6.03 Å². The topological polar surface area (TPSA) is 48.5 Å². The van der Waals surface area contributed by atoms with Gasteiger partial charge in [-0.3, -0.25) is 4.98 Å². The number of amides is 2. The van der Waals surface area contributed by atoms with Gasteiger partial charge in [-0.25, -0.2) is 4.79 Å². The standard InChI is InChI=1S/C22H23ClN4O/c23-18-6-7-19-20(16-18)24-11-9-21(19)26-12-14-27(15-13-26)22(28)25-10-8-17-4-2-1-3-5-17/h1-7,9,11,16H,8,10,12-15H2,(H,25,28). The zero-order chi connectivity index (χ0) is 19.3. The van der Waals surface area contributed by atoms with Crippen molar-refractivity contribution in [2.45, 2.75) is 6.42 Å². The minimum Gasteiger partial charge on any atom is -0.367 e. The number of halogens is 1. The number of carbonyl (C=O) groups is 1. The second kappa shape index (κ2) is 8.48. The third kappa shape index (κ3) is 4.20. The van der Waals surface area contributed by atoms with Gasteiger partial charge in [-0.05, 0) is 36.2 Å². The quantitative estimate of drug-likeness (QED) is 0.728. The van der Waals surface area contributed by atoms with Crippen LogP contribution >= 0.6 is 11.6 Å². The molecule has 1 aromatic heterocycles. The van der Waals surface area contributed by atoms with Crippen LogP contribution in [0.3, 0.4) is 0 Å². The monoisotopic (exact) mass is 394 g/mol. The molecule has 0 saturated carbocycles. The van der Waals surface area contributed by atoms with Gasteiger partial charge in [-0.1, -0.05) is 41.9 Å². The van der Waals surface area contributed by atoms with Crippen LogP contribution < -0.4 is 10.2 Å². The third-order valence-corrected chi connectivity index (χ3v) is 5.36. The Morgan fingerprint density at radius 3 is 2.61 bits per heavy atom. The molecule has 0 aliphatic carbocycles. The minimum absolute atomic E-state index is 0.0157. The third-order valence-electron chi connectivity index (χ3n) is 5.12. The Morgan fingerprint density at radius 1 is 1.04 bits per heavy atom. The molecule has 0 atom stereocenters. The number of urea groups is 1. The van der Waals surface area contributed by atoms with Crippen LogP contribution in [0, 0.1) is 0 Å². The first-order valence-corrected chi connectivity index (χ1v) is 9.94. The Kier molecular flexibility index (Phi) is 5.63. The Balaban J connectivity index is 1.33. The van der Waals surface area contributed by atoms with Gasteiger partial charge in [0, 0.05) is 55.0 Å². The predicted molar refractivity (Wildman–Crippen MR) is 114 cm³/mol. The number of aromatic nitrogens is 1. The van der Waals surface area contributed by atoms with E-state index in [2.05, 4.69) is 27.3 Å². The summed E-state index contributed by atoms with van der Waals surface area (Å²) < 4.78 is 0. The number of pyridine rings is 1. The lowest BCUT2D eigenvalue weighted by Gasteiger charge is -2.36. The first kappa shape index (κ1) is 18.6. The van der Waals surface area contributed by atoms with Gasteiger partial charge in [0.25, 0.3) is 0 Å². The number of hydrogen-bond acceptors (Lipinski definition) is 3. The lowest BCUT2D eigenvalue weighted by molar-refractivity contribution is 0.194. The maximum absolute atomic E-state index is 12.5. The summed E-state index contributed by atoms with van der Waals surface area (Å²) in [5.41, 5.74) is 3.27. The molecule has 1 aliphatic heterocycles. The van der Waals surface area contributed by atoms with E-state index in [0.717, 1.165) is 36.1 Å². The molecule has 0 bridgehead atoms. The van der Waals surface area contributed by atoms with E-state index in [0.29, 0.717) is 24.7 Å². The van der Waals surface area contributed by atoms with Gasteiger partial charge in [-0.15, -0.1) is 0 Å². The Labute approximate surface area is 169 Å². The van der Waals surface area contributed by atoms with E-state index >= 15 is 0 Å². The largest absolute Gasteiger partial charge is 0.367 e. The summed E-state index contributed by atoms with van der Waals surface area (Å²) >= 11 is 6.09. The minimum atomic E-state index is 0.0157. The van der Waals surface area contributed by atoms with E-state index in [1.807, 2.05) is 53.6 Å². The van der Waals surface area contributed by atoms with Crippen molar-refractivity contribution < 1.29 is 4.79 Å². The van der Waals surface area contributed by atoms with E-state index in [1.54, 1.807) is 0 Å². The second-order valence-corrected chi connectivity index (χ2v) is 7.37. The molecule has 144 valence electrons. The molecule has 2 aromatic carbocycles. The Bertz CT molecular complexity index is 955. The predicted octanol–water partition coefficient (Wildman–Crippen LogP) is 3.96. The maximum Gasteiger partial charge on any atom is 0.317 e. The summed E-state index contributed by atoms with van der Waals surface area (Å²) in [6, 6.07) is 18.1. The molecule has 0 spiro atoms. The van der Waals surface area contributed by atoms with Crippen LogP contribution in [0.2, 0.25) is 5.02 Å². The molecule has 1 saturated heterocycles. The van der Waals surface area contributed by atoms with Crippen molar-refractivity contribution in [1.29, 1.82) is 0 Å². The highest BCUT2D eigenvalue weighted by Gasteiger charge is 2.22. The molecule has 28 heavy (non-hydrogen) atoms. The summed E-state index contributed by atoms with van der Waals surface area (Å²) in [4.78, 5) is 21.1. The first-order valence-electron chi connectivity index (χ1n) is 9.56. The molecule has 6 heteroatoms. The van der Waals surface area contributed by atoms with Crippen molar-refractivity contribution in [3.05, 3.63) is 71.4 Å². The SMILES string of the molecule is O=C(NCCc1ccccc1)N1CCN(c2ccnc3cc(Cl)ccc23)CC1. The molecule has 4 rings (SSSR count). The zero-order valence-corrected chi connectivity index (χ0v) is 16.4. The van der Waals surface area contributed by atoms with Crippen molar-refractivity contribution in [3.8, 4) is 0 Å². The number of rotatable bonds is 4. The first-order chi connectivity index (χ1) is 13.7. The normalized spacial score (nSPS) is 14.3. The van der Waals surface area contributed by atoms with Crippen molar-refractivity contribution in [2.24, 2.45) is 0 Å². The van der Waals surface area contributed by atoms with Crippen LogP contribution in [-0.4, -0.2) is 48.6 Å². The number of nitrogens with one attached hydrogen (secondary N) is 1. The maximum atomic E-state index is 12.5. The molecular weight excluding hydrogens is 372 g/mol. The smallest absolute Gasteiger partial charge is 0.317 e. The highest BCUT2D eigenvalue weighted by atomic mass is 35.5. The summed E-state index contributed by atoms with van der Waals surface area (Å²) in [5, 5.41) is 4.81. The fraction of sp³-hybridized carbons (Fsp3) is 0.273. The molecule has 0 unspecified atom stereocenters. The summed E-state index contributed by atoms with van der Waals surface area (Å²) in [6.07, 6.45) is 2.66. The van der Waals surface area contributed by atoms with Gasteiger partial charge < -0.3 is 15.1 Å². The van der Waals surface area contributed by atoms with Crippen LogP contribution in [0.4, 0.5) is 10.5 Å². The number of anilines is 1. The van der Waals surface area contributed by atoms with Crippen LogP contribution in [0.15, 0.2) is 60.8 Å². The van der Waals surface area contributed by atoms with Crippen LogP contribution in [0.25, 0.3) is 10.9 Å². The molecule has 1 fully saturated rings. The molecule has 1 aliphatic rings. The number of hydrogen-bond donors (Lipinski definition) is 1. The van der Waals surface area contributed by atoms with Crippen LogP contribution in [0.1, 0.15) is 5.56 Å². The van der Waals surface area contributed by atoms with Gasteiger partial charge in [0.15, 0.2) is 0 Å². The Morgan fingerprint density at radius 2 is 1.82 bits per heavy atom. The van der Waals surface area contributed by atoms with E-state index < -0.39 is 0 Å². The summed E-state index contributed by atoms with van der Waals surface area (Å²) in [7, 11) is 0. The second-order valence-electron chi connectivity index (χ2n) is 6.93. The van der Waals surface area contributed by atoms with Crippen molar-refractivity contribution in [2.75, 3.05) is 37.6 Å². The lowest BCUT2D eigenvalue weighted by atomic mass is 10.1. The van der Waals surface area contributed by atoms with Crippen molar-refractivity contribution in [1.82, 2.24) is 15.2 Å². The fourth-order valence-corrected chi connectivity index (χ4v) is 3.77. The van der Waals surface area contributed by atoms with E-state index in [9.17, 15) is 4.79 Å².